The van der Waals surface area contributed by atoms with Crippen LogP contribution in [0.5, 0.6) is 0 Å². The molecule has 1 aliphatic rings. The molecule has 0 amide bonds. The van der Waals surface area contributed by atoms with Gasteiger partial charge in [-0.05, 0) is 52.8 Å². The molecule has 3 rings (SSSR count). The number of rotatable bonds is 3. The molecule has 1 fully saturated rings. The predicted octanol–water partition coefficient (Wildman–Crippen LogP) is 3.52. The van der Waals surface area contributed by atoms with Crippen LogP contribution in [0.4, 0.5) is 4.39 Å². The molecule has 1 aliphatic heterocycles. The van der Waals surface area contributed by atoms with Crippen molar-refractivity contribution in [3.05, 3.63) is 47.4 Å². The minimum Gasteiger partial charge on any atom is -0.398 e. The highest BCUT2D eigenvalue weighted by molar-refractivity contribution is 6.54. The first-order valence-corrected chi connectivity index (χ1v) is 7.90. The molecule has 1 saturated heterocycles. The standard InChI is InChI=1S/C17H21BFN3O2/c1-12-6-8-14(9-7-12)22-11-13(20-21-22)10-15(19)18-23-16(2,3)17(4,5)24-18/h6-11H,1-5H3. The predicted molar refractivity (Wildman–Crippen MR) is 91.3 cm³/mol. The van der Waals surface area contributed by atoms with E-state index in [4.69, 9.17) is 9.31 Å². The Kier molecular flexibility index (Phi) is 4.09. The third-order valence-corrected chi connectivity index (χ3v) is 4.57. The van der Waals surface area contributed by atoms with E-state index in [2.05, 4.69) is 10.3 Å². The summed E-state index contributed by atoms with van der Waals surface area (Å²) in [6.45, 7) is 9.54. The van der Waals surface area contributed by atoms with Crippen molar-refractivity contribution < 1.29 is 13.7 Å². The van der Waals surface area contributed by atoms with Gasteiger partial charge in [-0.2, -0.15) is 0 Å². The first-order chi connectivity index (χ1) is 11.2. The average Bonchev–Trinajstić information content (AvgIpc) is 3.02. The van der Waals surface area contributed by atoms with E-state index in [0.717, 1.165) is 11.3 Å². The quantitative estimate of drug-likeness (QED) is 0.809. The highest BCUT2D eigenvalue weighted by atomic mass is 19.1. The molecule has 0 saturated carbocycles. The molecule has 0 spiro atoms. The molecule has 0 unspecified atom stereocenters. The van der Waals surface area contributed by atoms with E-state index >= 15 is 0 Å². The summed E-state index contributed by atoms with van der Waals surface area (Å²) >= 11 is 0. The Labute approximate surface area is 141 Å². The van der Waals surface area contributed by atoms with Gasteiger partial charge in [0.15, 0.2) is 0 Å². The van der Waals surface area contributed by atoms with Crippen molar-refractivity contribution in [2.24, 2.45) is 0 Å². The van der Waals surface area contributed by atoms with Crippen molar-refractivity contribution in [1.82, 2.24) is 15.0 Å². The molecular formula is C17H21BFN3O2. The zero-order chi connectivity index (χ0) is 17.5. The van der Waals surface area contributed by atoms with Crippen LogP contribution in [-0.4, -0.2) is 33.3 Å². The van der Waals surface area contributed by atoms with Crippen molar-refractivity contribution in [1.29, 1.82) is 0 Å². The lowest BCUT2D eigenvalue weighted by molar-refractivity contribution is 0.00578. The normalized spacial score (nSPS) is 19.8. The molecule has 5 nitrogen and oxygen atoms in total. The molecule has 0 radical (unpaired) electrons. The summed E-state index contributed by atoms with van der Waals surface area (Å²) in [5.74, 6) is 0. The van der Waals surface area contributed by atoms with E-state index in [9.17, 15) is 4.39 Å². The topological polar surface area (TPSA) is 49.2 Å². The summed E-state index contributed by atoms with van der Waals surface area (Å²) in [5.41, 5.74) is 0.743. The van der Waals surface area contributed by atoms with Crippen molar-refractivity contribution >= 4 is 13.2 Å². The second-order valence-corrected chi connectivity index (χ2v) is 7.04. The second-order valence-electron chi connectivity index (χ2n) is 7.04. The van der Waals surface area contributed by atoms with Crippen LogP contribution in [-0.2, 0) is 9.31 Å². The van der Waals surface area contributed by atoms with E-state index in [1.54, 1.807) is 10.9 Å². The smallest absolute Gasteiger partial charge is 0.398 e. The third-order valence-electron chi connectivity index (χ3n) is 4.57. The molecule has 2 aromatic rings. The molecule has 7 heteroatoms. The molecule has 1 aromatic carbocycles. The molecule has 24 heavy (non-hydrogen) atoms. The lowest BCUT2D eigenvalue weighted by atomic mass is 9.87. The van der Waals surface area contributed by atoms with Crippen molar-refractivity contribution in [3.8, 4) is 5.69 Å². The Hall–Kier alpha value is -1.99. The van der Waals surface area contributed by atoms with Gasteiger partial charge in [0.1, 0.15) is 11.4 Å². The van der Waals surface area contributed by atoms with E-state index in [0.29, 0.717) is 5.69 Å². The Morgan fingerprint density at radius 1 is 1.12 bits per heavy atom. The first-order valence-electron chi connectivity index (χ1n) is 7.90. The van der Waals surface area contributed by atoms with Gasteiger partial charge in [0.2, 0.25) is 0 Å². The zero-order valence-electron chi connectivity index (χ0n) is 14.6. The van der Waals surface area contributed by atoms with Crippen LogP contribution < -0.4 is 0 Å². The number of aryl methyl sites for hydroxylation is 1. The van der Waals surface area contributed by atoms with Gasteiger partial charge in [-0.3, -0.25) is 0 Å². The van der Waals surface area contributed by atoms with Gasteiger partial charge in [-0.25, -0.2) is 9.07 Å². The maximum absolute atomic E-state index is 14.5. The fourth-order valence-corrected chi connectivity index (χ4v) is 2.33. The van der Waals surface area contributed by atoms with Crippen molar-refractivity contribution in [3.63, 3.8) is 0 Å². The highest BCUT2D eigenvalue weighted by Gasteiger charge is 2.53. The van der Waals surface area contributed by atoms with Gasteiger partial charge in [0.05, 0.1) is 23.1 Å². The van der Waals surface area contributed by atoms with Crippen LogP contribution in [0.25, 0.3) is 11.8 Å². The summed E-state index contributed by atoms with van der Waals surface area (Å²) in [6, 6.07) is 7.83. The Balaban J connectivity index is 1.79. The van der Waals surface area contributed by atoms with E-state index in [1.165, 1.54) is 6.08 Å². The maximum atomic E-state index is 14.5. The molecule has 2 heterocycles. The molecule has 0 bridgehead atoms. The lowest BCUT2D eigenvalue weighted by Crippen LogP contribution is -2.41. The Morgan fingerprint density at radius 2 is 1.71 bits per heavy atom. The van der Waals surface area contributed by atoms with E-state index in [-0.39, 0.29) is 0 Å². The molecule has 0 atom stereocenters. The summed E-state index contributed by atoms with van der Waals surface area (Å²) in [5, 5.41) is 8.01. The second kappa shape index (κ2) is 5.83. The monoisotopic (exact) mass is 329 g/mol. The minimum absolute atomic E-state index is 0.405. The lowest BCUT2D eigenvalue weighted by Gasteiger charge is -2.32. The van der Waals surface area contributed by atoms with Crippen LogP contribution in [0.1, 0.15) is 39.0 Å². The number of nitrogens with zero attached hydrogens (tertiary/aromatic N) is 3. The van der Waals surface area contributed by atoms with E-state index in [1.807, 2.05) is 58.9 Å². The Bertz CT molecular complexity index is 752. The molecular weight excluding hydrogens is 308 g/mol. The third kappa shape index (κ3) is 3.14. The van der Waals surface area contributed by atoms with Crippen LogP contribution in [0.3, 0.4) is 0 Å². The van der Waals surface area contributed by atoms with Crippen LogP contribution in [0.2, 0.25) is 0 Å². The number of hydrogen-bond acceptors (Lipinski definition) is 4. The summed E-state index contributed by atoms with van der Waals surface area (Å²) in [7, 11) is -1.03. The summed E-state index contributed by atoms with van der Waals surface area (Å²) < 4.78 is 27.4. The maximum Gasteiger partial charge on any atom is 0.525 e. The number of aromatic nitrogens is 3. The van der Waals surface area contributed by atoms with Gasteiger partial charge in [0, 0.05) is 0 Å². The molecule has 0 N–H and O–H groups in total. The van der Waals surface area contributed by atoms with Crippen LogP contribution >= 0.6 is 0 Å². The van der Waals surface area contributed by atoms with Crippen LogP contribution in [0, 0.1) is 6.92 Å². The van der Waals surface area contributed by atoms with Gasteiger partial charge < -0.3 is 9.31 Å². The summed E-state index contributed by atoms with van der Waals surface area (Å²) in [4.78, 5) is 0. The van der Waals surface area contributed by atoms with Crippen molar-refractivity contribution in [2.75, 3.05) is 0 Å². The number of hydrogen-bond donors (Lipinski definition) is 0. The number of benzene rings is 1. The zero-order valence-corrected chi connectivity index (χ0v) is 14.6. The van der Waals surface area contributed by atoms with Gasteiger partial charge in [-0.15, -0.1) is 5.10 Å². The molecule has 0 aliphatic carbocycles. The Morgan fingerprint density at radius 3 is 2.29 bits per heavy atom. The highest BCUT2D eigenvalue weighted by Crippen LogP contribution is 2.38. The SMILES string of the molecule is Cc1ccc(-n2cc(C=C(F)B3OC(C)(C)C(C)(C)O3)nn2)cc1. The largest absolute Gasteiger partial charge is 0.525 e. The fraction of sp³-hybridized carbons (Fsp3) is 0.412. The molecule has 126 valence electrons. The van der Waals surface area contributed by atoms with Crippen molar-refractivity contribution in [2.45, 2.75) is 45.8 Å². The summed E-state index contributed by atoms with van der Waals surface area (Å²) in [6.07, 6.45) is 2.95. The van der Waals surface area contributed by atoms with Crippen LogP contribution in [0.15, 0.2) is 36.2 Å². The molecule has 1 aromatic heterocycles. The van der Waals surface area contributed by atoms with Gasteiger partial charge in [0.25, 0.3) is 0 Å². The minimum atomic E-state index is -1.03. The number of halogens is 1. The fourth-order valence-electron chi connectivity index (χ4n) is 2.33. The average molecular weight is 329 g/mol. The van der Waals surface area contributed by atoms with E-state index < -0.39 is 24.0 Å². The first kappa shape index (κ1) is 16.9. The van der Waals surface area contributed by atoms with Gasteiger partial charge >= 0.3 is 7.12 Å². The van der Waals surface area contributed by atoms with Gasteiger partial charge in [-0.1, -0.05) is 22.9 Å².